The molecule has 120 valence electrons. The van der Waals surface area contributed by atoms with E-state index in [0.717, 1.165) is 12.0 Å². The molecule has 22 heavy (non-hydrogen) atoms. The molecule has 0 unspecified atom stereocenters. The first kappa shape index (κ1) is 19.9. The lowest BCUT2D eigenvalue weighted by Gasteiger charge is -2.11. The van der Waals surface area contributed by atoms with E-state index in [0.29, 0.717) is 16.0 Å². The lowest BCUT2D eigenvalue weighted by atomic mass is 10.2. The normalized spacial score (nSPS) is 10.0. The zero-order valence-corrected chi connectivity index (χ0v) is 14.7. The first-order valence-electron chi connectivity index (χ1n) is 6.82. The van der Waals surface area contributed by atoms with Crippen molar-refractivity contribution in [2.75, 3.05) is 0 Å². The maximum atomic E-state index is 11.7. The summed E-state index contributed by atoms with van der Waals surface area (Å²) in [6.07, 6.45) is 3.69. The van der Waals surface area contributed by atoms with Crippen LogP contribution in [0.4, 0.5) is 5.82 Å². The average molecular weight is 321 g/mol. The molecule has 0 fully saturated rings. The molecular weight excluding hydrogens is 298 g/mol. The van der Waals surface area contributed by atoms with Crippen molar-refractivity contribution in [3.63, 3.8) is 0 Å². The lowest BCUT2D eigenvalue weighted by Crippen LogP contribution is -2.28. The lowest BCUT2D eigenvalue weighted by molar-refractivity contribution is -0.111. The average Bonchev–Trinajstić information content (AvgIpc) is 2.50. The van der Waals surface area contributed by atoms with Gasteiger partial charge in [-0.2, -0.15) is 0 Å². The summed E-state index contributed by atoms with van der Waals surface area (Å²) in [7, 11) is 3.39. The minimum atomic E-state index is -0.141. The van der Waals surface area contributed by atoms with E-state index in [9.17, 15) is 9.59 Å². The molecule has 5 nitrogen and oxygen atoms in total. The van der Waals surface area contributed by atoms with Gasteiger partial charge in [-0.3, -0.25) is 13.9 Å². The molecule has 1 aromatic heterocycles. The van der Waals surface area contributed by atoms with Gasteiger partial charge < -0.3 is 0 Å². The van der Waals surface area contributed by atoms with E-state index in [1.54, 1.807) is 27.2 Å². The van der Waals surface area contributed by atoms with Crippen molar-refractivity contribution >= 4 is 30.0 Å². The number of carbonyl (C=O) groups is 1. The summed E-state index contributed by atoms with van der Waals surface area (Å²) in [5.41, 5.74) is 1.33. The number of hydrogen-bond acceptors (Lipinski definition) is 4. The van der Waals surface area contributed by atoms with Gasteiger partial charge in [0.25, 0.3) is 0 Å². The minimum absolute atomic E-state index is 0.0833. The largest absolute Gasteiger partial charge is 0.330 e. The van der Waals surface area contributed by atoms with E-state index < -0.39 is 0 Å². The molecule has 0 saturated heterocycles. The van der Waals surface area contributed by atoms with Crippen LogP contribution >= 0.6 is 12.2 Å². The van der Waals surface area contributed by atoms with Crippen LogP contribution in [0.2, 0.25) is 0 Å². The van der Waals surface area contributed by atoms with Gasteiger partial charge in [-0.05, 0) is 31.9 Å². The SMILES string of the molecule is C/C=N\c1c(CC)c(=S)n(C)c(=O)n1C.C=CC(=O)C(=C)C. The topological polar surface area (TPSA) is 56.4 Å². The molecule has 6 heteroatoms. The molecule has 0 aliphatic carbocycles. The molecule has 1 rings (SSSR count). The van der Waals surface area contributed by atoms with Crippen molar-refractivity contribution in [3.8, 4) is 0 Å². The Morgan fingerprint density at radius 3 is 2.23 bits per heavy atom. The molecule has 0 spiro atoms. The third-order valence-corrected chi connectivity index (χ3v) is 3.46. The summed E-state index contributed by atoms with van der Waals surface area (Å²) in [5.74, 6) is 0.577. The van der Waals surface area contributed by atoms with Crippen LogP contribution in [0, 0.1) is 4.64 Å². The summed E-state index contributed by atoms with van der Waals surface area (Å²) in [4.78, 5) is 26.2. The summed E-state index contributed by atoms with van der Waals surface area (Å²) in [6.45, 7) is 12.2. The van der Waals surface area contributed by atoms with Crippen molar-refractivity contribution in [1.29, 1.82) is 0 Å². The van der Waals surface area contributed by atoms with E-state index in [-0.39, 0.29) is 11.5 Å². The molecule has 0 saturated carbocycles. The molecule has 1 aromatic rings. The third kappa shape index (κ3) is 4.73. The molecule has 0 radical (unpaired) electrons. The first-order chi connectivity index (χ1) is 10.2. The van der Waals surface area contributed by atoms with Crippen LogP contribution in [0.3, 0.4) is 0 Å². The summed E-state index contributed by atoms with van der Waals surface area (Å²) in [6, 6.07) is 0. The second kappa shape index (κ2) is 9.04. The number of aromatic nitrogens is 2. The highest BCUT2D eigenvalue weighted by atomic mass is 32.1. The number of ketones is 1. The second-order valence-corrected chi connectivity index (χ2v) is 4.98. The van der Waals surface area contributed by atoms with Crippen LogP contribution in [0.1, 0.15) is 26.3 Å². The van der Waals surface area contributed by atoms with Gasteiger partial charge in [-0.25, -0.2) is 9.79 Å². The second-order valence-electron chi connectivity index (χ2n) is 4.60. The zero-order valence-electron chi connectivity index (χ0n) is 13.8. The van der Waals surface area contributed by atoms with Crippen molar-refractivity contribution in [3.05, 3.63) is 45.5 Å². The van der Waals surface area contributed by atoms with Crippen LogP contribution in [0.15, 0.2) is 34.6 Å². The van der Waals surface area contributed by atoms with Crippen molar-refractivity contribution in [1.82, 2.24) is 9.13 Å². The Hall–Kier alpha value is -2.08. The third-order valence-electron chi connectivity index (χ3n) is 2.94. The highest BCUT2D eigenvalue weighted by Crippen LogP contribution is 2.17. The smallest absolute Gasteiger partial charge is 0.290 e. The monoisotopic (exact) mass is 321 g/mol. The van der Waals surface area contributed by atoms with Gasteiger partial charge in [0.15, 0.2) is 5.78 Å². The predicted octanol–water partition coefficient (Wildman–Crippen LogP) is 3.06. The highest BCUT2D eigenvalue weighted by Gasteiger charge is 2.09. The van der Waals surface area contributed by atoms with E-state index >= 15 is 0 Å². The summed E-state index contributed by atoms with van der Waals surface area (Å²) < 4.78 is 3.57. The van der Waals surface area contributed by atoms with Crippen LogP contribution in [0.5, 0.6) is 0 Å². The Morgan fingerprint density at radius 1 is 1.36 bits per heavy atom. The number of carbonyl (C=O) groups excluding carboxylic acids is 1. The minimum Gasteiger partial charge on any atom is -0.290 e. The number of nitrogens with zero attached hydrogens (tertiary/aromatic N) is 3. The van der Waals surface area contributed by atoms with Gasteiger partial charge in [0.1, 0.15) is 10.5 Å². The molecule has 0 aromatic carbocycles. The van der Waals surface area contributed by atoms with Crippen LogP contribution in [-0.2, 0) is 25.3 Å². The Labute approximate surface area is 136 Å². The van der Waals surface area contributed by atoms with Gasteiger partial charge in [0.05, 0.1) is 0 Å². The Bertz CT molecular complexity index is 724. The molecule has 0 aliphatic rings. The highest BCUT2D eigenvalue weighted by molar-refractivity contribution is 7.71. The Morgan fingerprint density at radius 2 is 1.91 bits per heavy atom. The maximum absolute atomic E-state index is 11.7. The molecular formula is C16H23N3O2S. The number of allylic oxidation sites excluding steroid dienone is 2. The molecule has 0 atom stereocenters. The molecule has 0 bridgehead atoms. The van der Waals surface area contributed by atoms with Crippen molar-refractivity contribution in [2.24, 2.45) is 19.1 Å². The Balaban J connectivity index is 0.000000534. The summed E-state index contributed by atoms with van der Waals surface area (Å²) in [5, 5.41) is 0. The number of hydrogen-bond donors (Lipinski definition) is 0. The van der Waals surface area contributed by atoms with Gasteiger partial charge in [-0.15, -0.1) is 0 Å². The quantitative estimate of drug-likeness (QED) is 0.486. The first-order valence-corrected chi connectivity index (χ1v) is 7.23. The Kier molecular flexibility index (Phi) is 8.19. The van der Waals surface area contributed by atoms with Gasteiger partial charge in [-0.1, -0.05) is 32.3 Å². The van der Waals surface area contributed by atoms with Gasteiger partial charge >= 0.3 is 5.69 Å². The number of aliphatic imine (C=N–C) groups is 1. The van der Waals surface area contributed by atoms with Gasteiger partial charge in [0.2, 0.25) is 0 Å². The predicted molar refractivity (Wildman–Crippen MR) is 94.7 cm³/mol. The van der Waals surface area contributed by atoms with Crippen molar-refractivity contribution in [2.45, 2.75) is 27.2 Å². The fourth-order valence-electron chi connectivity index (χ4n) is 1.67. The standard InChI is InChI=1S/C10H15N3OS.C6H8O/c1-5-7-8(11-6-2)12(3)10(14)13(4)9(7)15;1-4-6(7)5(2)3/h6H,5H2,1-4H3;4H,1-2H2,3H3/b11-6-;. The molecule has 0 aliphatic heterocycles. The fraction of sp³-hybridized carbons (Fsp3) is 0.375. The maximum Gasteiger partial charge on any atom is 0.330 e. The summed E-state index contributed by atoms with van der Waals surface area (Å²) >= 11 is 5.22. The molecule has 0 amide bonds. The fourth-order valence-corrected chi connectivity index (χ4v) is 1.99. The van der Waals surface area contributed by atoms with Crippen molar-refractivity contribution < 1.29 is 4.79 Å². The van der Waals surface area contributed by atoms with E-state index in [2.05, 4.69) is 18.2 Å². The van der Waals surface area contributed by atoms with Crippen LogP contribution < -0.4 is 5.69 Å². The van der Waals surface area contributed by atoms with E-state index in [4.69, 9.17) is 12.2 Å². The van der Waals surface area contributed by atoms with Crippen LogP contribution in [0.25, 0.3) is 0 Å². The molecule has 1 heterocycles. The zero-order chi connectivity index (χ0) is 17.4. The van der Waals surface area contributed by atoms with E-state index in [1.165, 1.54) is 15.2 Å². The molecule has 0 N–H and O–H groups in total. The van der Waals surface area contributed by atoms with Crippen LogP contribution in [-0.4, -0.2) is 21.1 Å². The van der Waals surface area contributed by atoms with E-state index in [1.807, 2.05) is 13.8 Å². The number of rotatable bonds is 4. The van der Waals surface area contributed by atoms with Gasteiger partial charge in [0, 0.05) is 25.9 Å².